The molecule has 1 amide bonds. The Morgan fingerprint density at radius 3 is 2.37 bits per heavy atom. The Morgan fingerprint density at radius 2 is 1.83 bits per heavy atom. The van der Waals surface area contributed by atoms with Gasteiger partial charge in [0.25, 0.3) is 0 Å². The number of nitroso groups, excluding NO2 is 1. The Hall–Kier alpha value is -2.68. The molecule has 0 spiro atoms. The van der Waals surface area contributed by atoms with Gasteiger partial charge in [-0.1, -0.05) is 43.0 Å². The third-order valence-electron chi connectivity index (χ3n) is 5.58. The summed E-state index contributed by atoms with van der Waals surface area (Å²) in [6.45, 7) is 1.62. The molecule has 1 aliphatic rings. The van der Waals surface area contributed by atoms with E-state index in [1.807, 2.05) is 0 Å². The van der Waals surface area contributed by atoms with Gasteiger partial charge in [0.15, 0.2) is 15.7 Å². The van der Waals surface area contributed by atoms with E-state index in [4.69, 9.17) is 0 Å². The van der Waals surface area contributed by atoms with Gasteiger partial charge in [-0.05, 0) is 37.0 Å². The summed E-state index contributed by atoms with van der Waals surface area (Å²) in [5.41, 5.74) is 1.21. The summed E-state index contributed by atoms with van der Waals surface area (Å²) in [5.74, 6) is 0.130. The maximum absolute atomic E-state index is 13.1. The molecular formula is C21H26N4O4S. The molecule has 0 saturated heterocycles. The molecule has 1 aromatic carbocycles. The first kappa shape index (κ1) is 22.0. The van der Waals surface area contributed by atoms with Crippen molar-refractivity contribution in [1.82, 2.24) is 9.97 Å². The molecule has 30 heavy (non-hydrogen) atoms. The second-order valence-electron chi connectivity index (χ2n) is 7.88. The average Bonchev–Trinajstić information content (AvgIpc) is 3.25. The van der Waals surface area contributed by atoms with Crippen molar-refractivity contribution in [2.75, 3.05) is 11.6 Å². The van der Waals surface area contributed by atoms with Crippen LogP contribution in [0.2, 0.25) is 0 Å². The van der Waals surface area contributed by atoms with Crippen molar-refractivity contribution in [3.8, 4) is 0 Å². The standard InChI is InChI=1S/C21H26N4O4S/c1-14(25-27)19-12-23-20(13-22-19)24-21(26)18(11-15-5-3-4-6-15)16-7-9-17(10-8-16)30(2,28)29/h7-10,12-15,18H,3-6,11H2,1-2H3,(H,23,24,26)/t14?,18-/m1/s1. The summed E-state index contributed by atoms with van der Waals surface area (Å²) in [6, 6.07) is 5.90. The van der Waals surface area contributed by atoms with Crippen molar-refractivity contribution < 1.29 is 13.2 Å². The number of nitrogens with one attached hydrogen (secondary N) is 1. The number of rotatable bonds is 8. The zero-order chi connectivity index (χ0) is 21.7. The van der Waals surface area contributed by atoms with E-state index in [-0.39, 0.29) is 10.8 Å². The average molecular weight is 431 g/mol. The molecule has 1 heterocycles. The number of amides is 1. The van der Waals surface area contributed by atoms with Crippen molar-refractivity contribution in [3.05, 3.63) is 52.8 Å². The van der Waals surface area contributed by atoms with E-state index in [1.54, 1.807) is 31.2 Å². The molecule has 9 heteroatoms. The molecule has 1 saturated carbocycles. The van der Waals surface area contributed by atoms with Gasteiger partial charge in [0.2, 0.25) is 5.91 Å². The first-order chi connectivity index (χ1) is 14.3. The summed E-state index contributed by atoms with van der Waals surface area (Å²) in [7, 11) is -3.30. The smallest absolute Gasteiger partial charge is 0.233 e. The van der Waals surface area contributed by atoms with Crippen LogP contribution in [0.5, 0.6) is 0 Å². The Morgan fingerprint density at radius 1 is 1.17 bits per heavy atom. The number of anilines is 1. The first-order valence-electron chi connectivity index (χ1n) is 10.0. The minimum absolute atomic E-state index is 0.211. The number of aromatic nitrogens is 2. The highest BCUT2D eigenvalue weighted by Crippen LogP contribution is 2.35. The molecule has 8 nitrogen and oxygen atoms in total. The number of sulfone groups is 1. The van der Waals surface area contributed by atoms with Gasteiger partial charge < -0.3 is 5.32 Å². The number of carbonyl (C=O) groups is 1. The molecule has 1 unspecified atom stereocenters. The van der Waals surface area contributed by atoms with Gasteiger partial charge in [-0.25, -0.2) is 13.4 Å². The van der Waals surface area contributed by atoms with Gasteiger partial charge in [-0.3, -0.25) is 9.78 Å². The fraction of sp³-hybridized carbons (Fsp3) is 0.476. The third kappa shape index (κ3) is 5.47. The van der Waals surface area contributed by atoms with Gasteiger partial charge in [-0.15, -0.1) is 0 Å². The zero-order valence-corrected chi connectivity index (χ0v) is 17.9. The third-order valence-corrected chi connectivity index (χ3v) is 6.71. The van der Waals surface area contributed by atoms with Crippen molar-refractivity contribution in [2.24, 2.45) is 11.1 Å². The normalized spacial score (nSPS) is 16.7. The van der Waals surface area contributed by atoms with Gasteiger partial charge in [0.1, 0.15) is 6.04 Å². The topological polar surface area (TPSA) is 118 Å². The molecule has 1 N–H and O–H groups in total. The predicted molar refractivity (Wildman–Crippen MR) is 114 cm³/mol. The number of carbonyl (C=O) groups excluding carboxylic acids is 1. The van der Waals surface area contributed by atoms with Gasteiger partial charge in [-0.2, -0.15) is 4.91 Å². The number of nitrogens with zero attached hydrogens (tertiary/aromatic N) is 3. The van der Waals surface area contributed by atoms with Crippen LogP contribution in [0.3, 0.4) is 0 Å². The summed E-state index contributed by atoms with van der Waals surface area (Å²) in [4.78, 5) is 32.3. The van der Waals surface area contributed by atoms with Gasteiger partial charge in [0.05, 0.1) is 28.9 Å². The van der Waals surface area contributed by atoms with Crippen LogP contribution in [0.4, 0.5) is 5.82 Å². The Balaban J connectivity index is 1.80. The SMILES string of the molecule is CC(N=O)c1cnc(NC(=O)[C@H](CC2CCCC2)c2ccc(S(C)(=O)=O)cc2)cn1. The molecule has 0 aliphatic heterocycles. The van der Waals surface area contributed by atoms with Crippen LogP contribution < -0.4 is 5.32 Å². The lowest BCUT2D eigenvalue weighted by molar-refractivity contribution is -0.118. The molecule has 2 atom stereocenters. The van der Waals surface area contributed by atoms with E-state index in [9.17, 15) is 18.1 Å². The maximum atomic E-state index is 13.1. The van der Waals surface area contributed by atoms with Crippen LogP contribution in [0.25, 0.3) is 0 Å². The van der Waals surface area contributed by atoms with E-state index >= 15 is 0 Å². The van der Waals surface area contributed by atoms with Crippen molar-refractivity contribution in [1.29, 1.82) is 0 Å². The monoisotopic (exact) mass is 430 g/mol. The van der Waals surface area contributed by atoms with Crippen LogP contribution in [-0.2, 0) is 14.6 Å². The summed E-state index contributed by atoms with van der Waals surface area (Å²) in [6.07, 6.45) is 9.22. The molecular weight excluding hydrogens is 404 g/mol. The molecule has 160 valence electrons. The molecule has 1 aromatic heterocycles. The lowest BCUT2D eigenvalue weighted by Gasteiger charge is -2.20. The molecule has 1 fully saturated rings. The first-order valence-corrected chi connectivity index (χ1v) is 11.9. The summed E-state index contributed by atoms with van der Waals surface area (Å²) < 4.78 is 23.5. The Bertz CT molecular complexity index is 985. The molecule has 0 radical (unpaired) electrons. The van der Waals surface area contributed by atoms with Crippen LogP contribution >= 0.6 is 0 Å². The Labute approximate surface area is 176 Å². The largest absolute Gasteiger partial charge is 0.309 e. The minimum atomic E-state index is -3.30. The number of hydrogen-bond acceptors (Lipinski definition) is 7. The number of benzene rings is 1. The highest BCUT2D eigenvalue weighted by Gasteiger charge is 2.27. The second kappa shape index (κ2) is 9.42. The maximum Gasteiger partial charge on any atom is 0.233 e. The zero-order valence-electron chi connectivity index (χ0n) is 17.1. The lowest BCUT2D eigenvalue weighted by Crippen LogP contribution is -2.24. The van der Waals surface area contributed by atoms with Crippen molar-refractivity contribution >= 4 is 21.6 Å². The summed E-state index contributed by atoms with van der Waals surface area (Å²) in [5, 5.41) is 5.72. The van der Waals surface area contributed by atoms with Gasteiger partial charge in [0, 0.05) is 6.26 Å². The van der Waals surface area contributed by atoms with Crippen molar-refractivity contribution in [3.63, 3.8) is 0 Å². The fourth-order valence-electron chi connectivity index (χ4n) is 3.81. The highest BCUT2D eigenvalue weighted by molar-refractivity contribution is 7.90. The van der Waals surface area contributed by atoms with E-state index < -0.39 is 21.8 Å². The van der Waals surface area contributed by atoms with Gasteiger partial charge >= 0.3 is 0 Å². The van der Waals surface area contributed by atoms with Crippen LogP contribution in [-0.4, -0.2) is 30.5 Å². The van der Waals surface area contributed by atoms with Crippen LogP contribution in [0.1, 0.15) is 62.2 Å². The second-order valence-corrected chi connectivity index (χ2v) is 9.89. The highest BCUT2D eigenvalue weighted by atomic mass is 32.2. The van der Waals surface area contributed by atoms with Crippen LogP contribution in [0.15, 0.2) is 46.7 Å². The van der Waals surface area contributed by atoms with Crippen molar-refractivity contribution in [2.45, 2.75) is 55.9 Å². The molecule has 0 bridgehead atoms. The number of hydrogen-bond donors (Lipinski definition) is 1. The van der Waals surface area contributed by atoms with E-state index in [1.165, 1.54) is 25.2 Å². The van der Waals surface area contributed by atoms with E-state index in [0.717, 1.165) is 24.7 Å². The fourth-order valence-corrected chi connectivity index (χ4v) is 4.44. The van der Waals surface area contributed by atoms with Crippen LogP contribution in [0, 0.1) is 10.8 Å². The minimum Gasteiger partial charge on any atom is -0.309 e. The van der Waals surface area contributed by atoms with E-state index in [2.05, 4.69) is 20.5 Å². The lowest BCUT2D eigenvalue weighted by atomic mass is 9.87. The van der Waals surface area contributed by atoms with E-state index in [0.29, 0.717) is 23.9 Å². The molecule has 3 rings (SSSR count). The molecule has 2 aromatic rings. The predicted octanol–water partition coefficient (Wildman–Crippen LogP) is 4.01. The molecule has 1 aliphatic carbocycles. The summed E-state index contributed by atoms with van der Waals surface area (Å²) >= 11 is 0. The Kier molecular flexibility index (Phi) is 6.91. The quantitative estimate of drug-likeness (QED) is 0.632.